The van der Waals surface area contributed by atoms with E-state index in [1.165, 1.54) is 0 Å². The zero-order valence-corrected chi connectivity index (χ0v) is 18.8. The lowest BCUT2D eigenvalue weighted by molar-refractivity contribution is -0.122. The summed E-state index contributed by atoms with van der Waals surface area (Å²) in [7, 11) is 5.56. The van der Waals surface area contributed by atoms with E-state index < -0.39 is 0 Å². The third-order valence-electron chi connectivity index (χ3n) is 6.50. The molecule has 166 valence electrons. The predicted octanol–water partition coefficient (Wildman–Crippen LogP) is 2.86. The van der Waals surface area contributed by atoms with Gasteiger partial charge in [0.15, 0.2) is 0 Å². The number of rotatable bonds is 3. The largest absolute Gasteiger partial charge is 0.491 e. The Labute approximate surface area is 179 Å². The summed E-state index contributed by atoms with van der Waals surface area (Å²) in [5.74, 6) is 0.766. The Morgan fingerprint density at radius 1 is 1.20 bits per heavy atom. The van der Waals surface area contributed by atoms with E-state index in [0.29, 0.717) is 30.2 Å². The molecule has 1 fully saturated rings. The molecule has 2 amide bonds. The average molecular weight is 418 g/mol. The van der Waals surface area contributed by atoms with Gasteiger partial charge in [0.2, 0.25) is 5.91 Å². The zero-order chi connectivity index (χ0) is 21.8. The Balaban J connectivity index is 1.88. The third kappa shape index (κ3) is 5.13. The minimum atomic E-state index is -0.138. The number of likely N-dealkylation sites (N-methyl/N-ethyl adjacent to an activating group) is 2. The summed E-state index contributed by atoms with van der Waals surface area (Å²) < 4.78 is 11.8. The Morgan fingerprint density at radius 3 is 2.57 bits per heavy atom. The number of methoxy groups -OCH3 is 1. The Kier molecular flexibility index (Phi) is 7.36. The van der Waals surface area contributed by atoms with Crippen molar-refractivity contribution in [2.24, 2.45) is 11.8 Å². The summed E-state index contributed by atoms with van der Waals surface area (Å²) in [6.07, 6.45) is 2.90. The van der Waals surface area contributed by atoms with Gasteiger partial charge in [0.1, 0.15) is 12.4 Å². The molecular weight excluding hydrogens is 382 g/mol. The molecule has 7 nitrogen and oxygen atoms in total. The number of hydrogen-bond acceptors (Lipinski definition) is 5. The molecule has 0 aromatic heterocycles. The molecule has 0 radical (unpaired) electrons. The van der Waals surface area contributed by atoms with Gasteiger partial charge in [-0.2, -0.15) is 0 Å². The second-order valence-electron chi connectivity index (χ2n) is 8.86. The molecule has 0 bridgehead atoms. The number of amides is 2. The summed E-state index contributed by atoms with van der Waals surface area (Å²) in [5, 5.41) is 2.96. The maximum atomic E-state index is 13.3. The lowest BCUT2D eigenvalue weighted by Gasteiger charge is -2.34. The number of benzene rings is 1. The Bertz CT molecular complexity index is 765. The zero-order valence-electron chi connectivity index (χ0n) is 18.8. The summed E-state index contributed by atoms with van der Waals surface area (Å²) >= 11 is 0. The lowest BCUT2D eigenvalue weighted by atomic mass is 9.85. The number of nitrogens with one attached hydrogen (secondary N) is 1. The number of nitrogens with zero attached hydrogens (tertiary/aromatic N) is 2. The van der Waals surface area contributed by atoms with Crippen molar-refractivity contribution in [1.29, 1.82) is 0 Å². The fourth-order valence-corrected chi connectivity index (χ4v) is 3.95. The minimum absolute atomic E-state index is 0.0274. The molecule has 0 saturated heterocycles. The average Bonchev–Trinajstić information content (AvgIpc) is 2.67. The number of ether oxygens (including phenoxy) is 2. The number of carbonyl (C=O) groups excluding carboxylic acids is 2. The van der Waals surface area contributed by atoms with Crippen molar-refractivity contribution in [2.75, 3.05) is 46.2 Å². The lowest BCUT2D eigenvalue weighted by Crippen LogP contribution is -2.45. The molecule has 1 heterocycles. The van der Waals surface area contributed by atoms with Crippen LogP contribution in [0.15, 0.2) is 18.2 Å². The van der Waals surface area contributed by atoms with Crippen molar-refractivity contribution in [3.63, 3.8) is 0 Å². The van der Waals surface area contributed by atoms with Crippen LogP contribution in [0.3, 0.4) is 0 Å². The molecule has 30 heavy (non-hydrogen) atoms. The predicted molar refractivity (Wildman–Crippen MR) is 117 cm³/mol. The van der Waals surface area contributed by atoms with Crippen LogP contribution in [0.5, 0.6) is 5.75 Å². The van der Waals surface area contributed by atoms with Crippen molar-refractivity contribution in [2.45, 2.75) is 45.3 Å². The van der Waals surface area contributed by atoms with Gasteiger partial charge in [-0.3, -0.25) is 14.5 Å². The van der Waals surface area contributed by atoms with E-state index in [1.54, 1.807) is 31.2 Å². The van der Waals surface area contributed by atoms with Gasteiger partial charge in [0.25, 0.3) is 5.91 Å². The van der Waals surface area contributed by atoms with E-state index in [-0.39, 0.29) is 35.8 Å². The first-order valence-corrected chi connectivity index (χ1v) is 10.9. The van der Waals surface area contributed by atoms with Gasteiger partial charge in [0, 0.05) is 44.9 Å². The fourth-order valence-electron chi connectivity index (χ4n) is 3.95. The van der Waals surface area contributed by atoms with Gasteiger partial charge in [-0.1, -0.05) is 13.3 Å². The van der Waals surface area contributed by atoms with Crippen molar-refractivity contribution in [3.8, 4) is 5.75 Å². The topological polar surface area (TPSA) is 71.1 Å². The summed E-state index contributed by atoms with van der Waals surface area (Å²) in [6.45, 7) is 6.06. The van der Waals surface area contributed by atoms with Crippen LogP contribution in [0.25, 0.3) is 0 Å². The highest BCUT2D eigenvalue weighted by atomic mass is 16.5. The first kappa shape index (κ1) is 22.6. The summed E-state index contributed by atoms with van der Waals surface area (Å²) in [5.41, 5.74) is 1.09. The van der Waals surface area contributed by atoms with Crippen LogP contribution in [0, 0.1) is 11.8 Å². The third-order valence-corrected chi connectivity index (χ3v) is 6.50. The van der Waals surface area contributed by atoms with Gasteiger partial charge in [-0.15, -0.1) is 0 Å². The highest BCUT2D eigenvalue weighted by Crippen LogP contribution is 2.30. The first-order chi connectivity index (χ1) is 14.3. The van der Waals surface area contributed by atoms with E-state index in [9.17, 15) is 9.59 Å². The van der Waals surface area contributed by atoms with E-state index >= 15 is 0 Å². The normalized spacial score (nSPS) is 26.6. The van der Waals surface area contributed by atoms with Gasteiger partial charge < -0.3 is 19.7 Å². The van der Waals surface area contributed by atoms with Crippen LogP contribution >= 0.6 is 0 Å². The summed E-state index contributed by atoms with van der Waals surface area (Å²) in [6, 6.07) is 5.51. The quantitative estimate of drug-likeness (QED) is 0.819. The van der Waals surface area contributed by atoms with Crippen LogP contribution < -0.4 is 10.1 Å². The fraction of sp³-hybridized carbons (Fsp3) is 0.652. The second kappa shape index (κ2) is 9.79. The van der Waals surface area contributed by atoms with Gasteiger partial charge >= 0.3 is 0 Å². The molecule has 1 aliphatic heterocycles. The molecule has 3 rings (SSSR count). The smallest absolute Gasteiger partial charge is 0.257 e. The van der Waals surface area contributed by atoms with Gasteiger partial charge in [-0.25, -0.2) is 0 Å². The van der Waals surface area contributed by atoms with E-state index in [4.69, 9.17) is 9.47 Å². The van der Waals surface area contributed by atoms with Crippen LogP contribution in [0.4, 0.5) is 5.69 Å². The van der Waals surface area contributed by atoms with Crippen LogP contribution in [-0.2, 0) is 9.53 Å². The molecule has 7 heteroatoms. The molecule has 3 atom stereocenters. The Morgan fingerprint density at radius 2 is 1.93 bits per heavy atom. The maximum absolute atomic E-state index is 13.3. The van der Waals surface area contributed by atoms with Crippen molar-refractivity contribution in [3.05, 3.63) is 23.8 Å². The molecule has 1 aromatic rings. The maximum Gasteiger partial charge on any atom is 0.257 e. The molecule has 1 N–H and O–H groups in total. The second-order valence-corrected chi connectivity index (χ2v) is 8.86. The molecule has 0 spiro atoms. The molecule has 2 aliphatic rings. The monoisotopic (exact) mass is 417 g/mol. The molecule has 1 aromatic carbocycles. The van der Waals surface area contributed by atoms with Gasteiger partial charge in [0.05, 0.1) is 11.7 Å². The summed E-state index contributed by atoms with van der Waals surface area (Å²) in [4.78, 5) is 29.6. The van der Waals surface area contributed by atoms with E-state index in [0.717, 1.165) is 25.8 Å². The first-order valence-electron chi connectivity index (χ1n) is 10.9. The number of carbonyl (C=O) groups is 2. The van der Waals surface area contributed by atoms with E-state index in [2.05, 4.69) is 31.1 Å². The van der Waals surface area contributed by atoms with Crippen LogP contribution in [-0.4, -0.2) is 74.7 Å². The molecule has 1 aliphatic carbocycles. The minimum Gasteiger partial charge on any atom is -0.491 e. The van der Waals surface area contributed by atoms with Crippen LogP contribution in [0.2, 0.25) is 0 Å². The van der Waals surface area contributed by atoms with Crippen LogP contribution in [0.1, 0.15) is 43.5 Å². The Hall–Kier alpha value is -2.12. The van der Waals surface area contributed by atoms with Crippen molar-refractivity contribution < 1.29 is 19.1 Å². The number of fused-ring (bicyclic) bond motifs is 1. The standard InChI is InChI=1S/C23H35N3O4/c1-15-12-25(3)16(2)14-30-20-10-9-18(24-22(27)17-7-6-8-17)11-19(20)23(28)26(4)13-21(15)29-5/h9-11,15-17,21H,6-8,12-14H2,1-5H3,(H,24,27)/t15-,16-,21-/m1/s1. The molecular formula is C23H35N3O4. The number of anilines is 1. The number of hydrogen-bond donors (Lipinski definition) is 1. The molecule has 0 unspecified atom stereocenters. The van der Waals surface area contributed by atoms with Crippen molar-refractivity contribution in [1.82, 2.24) is 9.80 Å². The highest BCUT2D eigenvalue weighted by Gasteiger charge is 2.28. The SMILES string of the molecule is CO[C@@H]1CN(C)C(=O)c2cc(NC(=O)C3CCC3)ccc2OC[C@@H](C)N(C)C[C@H]1C. The molecule has 1 saturated carbocycles. The highest BCUT2D eigenvalue weighted by molar-refractivity contribution is 5.99. The van der Waals surface area contributed by atoms with Gasteiger partial charge in [-0.05, 0) is 50.9 Å². The van der Waals surface area contributed by atoms with Crippen molar-refractivity contribution >= 4 is 17.5 Å². The van der Waals surface area contributed by atoms with E-state index in [1.807, 2.05) is 6.07 Å².